The molecule has 74 valence electrons. The average molecular weight is 200 g/mol. The lowest BCUT2D eigenvalue weighted by molar-refractivity contribution is 0.386. The summed E-state index contributed by atoms with van der Waals surface area (Å²) in [5.74, 6) is 3.00. The summed E-state index contributed by atoms with van der Waals surface area (Å²) in [6, 6.07) is 0. The molecule has 0 unspecified atom stereocenters. The van der Waals surface area contributed by atoms with Crippen LogP contribution in [0.2, 0.25) is 0 Å². The van der Waals surface area contributed by atoms with E-state index in [1.165, 1.54) is 25.7 Å². The normalized spacial score (nSPS) is 22.3. The maximum atomic E-state index is 5.69. The van der Waals surface area contributed by atoms with Crippen LogP contribution in [0.1, 0.15) is 25.7 Å². The van der Waals surface area contributed by atoms with Crippen LogP contribution in [0.5, 0.6) is 0 Å². The fourth-order valence-electron chi connectivity index (χ4n) is 2.14. The van der Waals surface area contributed by atoms with Crippen LogP contribution >= 0.6 is 11.6 Å². The van der Waals surface area contributed by atoms with Gasteiger partial charge in [0.15, 0.2) is 0 Å². The molecule has 0 spiro atoms. The monoisotopic (exact) mass is 199 g/mol. The molecule has 0 atom stereocenters. The van der Waals surface area contributed by atoms with Crippen molar-refractivity contribution in [1.29, 1.82) is 0 Å². The zero-order chi connectivity index (χ0) is 9.26. The molecule has 0 aliphatic heterocycles. The third-order valence-corrected chi connectivity index (χ3v) is 3.29. The summed E-state index contributed by atoms with van der Waals surface area (Å²) in [4.78, 5) is 0. The van der Waals surface area contributed by atoms with Gasteiger partial charge in [-0.15, -0.1) is 0 Å². The maximum Gasteiger partial charge on any atom is 0.0307 e. The van der Waals surface area contributed by atoms with Gasteiger partial charge in [0, 0.05) is 11.6 Å². The van der Waals surface area contributed by atoms with Crippen LogP contribution in [0, 0.1) is 17.8 Å². The fraction of sp³-hybridized carbons (Fsp3) is 0.818. The van der Waals surface area contributed by atoms with Gasteiger partial charge in [-0.25, -0.2) is 0 Å². The van der Waals surface area contributed by atoms with Gasteiger partial charge in [0.05, 0.1) is 0 Å². The lowest BCUT2D eigenvalue weighted by atomic mass is 9.98. The van der Waals surface area contributed by atoms with Gasteiger partial charge in [-0.2, -0.15) is 0 Å². The number of rotatable bonds is 6. The van der Waals surface area contributed by atoms with Gasteiger partial charge in [-0.05, 0) is 50.0 Å². The number of nitrogens with one attached hydrogen (secondary N) is 1. The second-order valence-corrected chi connectivity index (χ2v) is 5.02. The van der Waals surface area contributed by atoms with Gasteiger partial charge in [-0.1, -0.05) is 18.2 Å². The summed E-state index contributed by atoms with van der Waals surface area (Å²) in [6.07, 6.45) is 5.85. The Labute approximate surface area is 85.5 Å². The van der Waals surface area contributed by atoms with Crippen molar-refractivity contribution in [2.45, 2.75) is 25.7 Å². The molecule has 0 aromatic rings. The van der Waals surface area contributed by atoms with Crippen molar-refractivity contribution < 1.29 is 0 Å². The van der Waals surface area contributed by atoms with Crippen molar-refractivity contribution in [3.63, 3.8) is 0 Å². The Bertz CT molecular complexity index is 182. The molecule has 2 heteroatoms. The van der Waals surface area contributed by atoms with E-state index in [1.807, 2.05) is 0 Å². The molecular weight excluding hydrogens is 182 g/mol. The van der Waals surface area contributed by atoms with Gasteiger partial charge < -0.3 is 5.32 Å². The zero-order valence-electron chi connectivity index (χ0n) is 8.06. The van der Waals surface area contributed by atoms with Crippen molar-refractivity contribution in [3.8, 4) is 0 Å². The Morgan fingerprint density at radius 1 is 1.31 bits per heavy atom. The quantitative estimate of drug-likeness (QED) is 0.694. The fourth-order valence-corrected chi connectivity index (χ4v) is 2.24. The summed E-state index contributed by atoms with van der Waals surface area (Å²) < 4.78 is 0. The molecule has 1 nitrogen and oxygen atoms in total. The van der Waals surface area contributed by atoms with Gasteiger partial charge in [0.2, 0.25) is 0 Å². The van der Waals surface area contributed by atoms with E-state index in [0.29, 0.717) is 0 Å². The van der Waals surface area contributed by atoms with Gasteiger partial charge in [-0.3, -0.25) is 0 Å². The first-order valence-electron chi connectivity index (χ1n) is 5.31. The molecule has 2 saturated carbocycles. The molecule has 1 N–H and O–H groups in total. The minimum Gasteiger partial charge on any atom is -0.312 e. The smallest absolute Gasteiger partial charge is 0.0307 e. The summed E-state index contributed by atoms with van der Waals surface area (Å²) in [6.45, 7) is 5.61. The molecule has 2 aliphatic carbocycles. The van der Waals surface area contributed by atoms with Crippen LogP contribution in [0.4, 0.5) is 0 Å². The van der Waals surface area contributed by atoms with E-state index in [-0.39, 0.29) is 0 Å². The highest BCUT2D eigenvalue weighted by atomic mass is 35.5. The average Bonchev–Trinajstić information content (AvgIpc) is 2.89. The van der Waals surface area contributed by atoms with E-state index in [4.69, 9.17) is 11.6 Å². The van der Waals surface area contributed by atoms with Crippen molar-refractivity contribution >= 4 is 11.6 Å². The zero-order valence-corrected chi connectivity index (χ0v) is 8.82. The molecule has 2 fully saturated rings. The van der Waals surface area contributed by atoms with Crippen LogP contribution < -0.4 is 5.32 Å². The predicted molar refractivity (Wildman–Crippen MR) is 56.8 cm³/mol. The minimum absolute atomic E-state index is 0.727. The first-order chi connectivity index (χ1) is 6.27. The van der Waals surface area contributed by atoms with E-state index in [1.54, 1.807) is 0 Å². The van der Waals surface area contributed by atoms with Crippen LogP contribution in [0.25, 0.3) is 0 Å². The third-order valence-electron chi connectivity index (χ3n) is 3.15. The molecule has 2 rings (SSSR count). The Morgan fingerprint density at radius 3 is 2.23 bits per heavy atom. The summed E-state index contributed by atoms with van der Waals surface area (Å²) in [7, 11) is 0. The van der Waals surface area contributed by atoms with Crippen LogP contribution in [0.15, 0.2) is 11.6 Å². The molecule has 0 radical (unpaired) electrons. The Balaban J connectivity index is 1.67. The third kappa shape index (κ3) is 2.99. The number of hydrogen-bond donors (Lipinski definition) is 1. The van der Waals surface area contributed by atoms with Crippen LogP contribution in [-0.4, -0.2) is 13.1 Å². The number of halogens is 1. The molecule has 0 bridgehead atoms. The minimum atomic E-state index is 0.727. The highest BCUT2D eigenvalue weighted by Crippen LogP contribution is 2.48. The molecule has 0 aromatic carbocycles. The van der Waals surface area contributed by atoms with Gasteiger partial charge in [0.1, 0.15) is 0 Å². The van der Waals surface area contributed by atoms with Crippen molar-refractivity contribution in [2.75, 3.05) is 13.1 Å². The second kappa shape index (κ2) is 4.02. The van der Waals surface area contributed by atoms with Gasteiger partial charge in [0.25, 0.3) is 0 Å². The maximum absolute atomic E-state index is 5.69. The van der Waals surface area contributed by atoms with Gasteiger partial charge >= 0.3 is 0 Å². The Kier molecular flexibility index (Phi) is 2.95. The Hall–Kier alpha value is -0.0100. The summed E-state index contributed by atoms with van der Waals surface area (Å²) >= 11 is 5.69. The van der Waals surface area contributed by atoms with E-state index < -0.39 is 0 Å². The predicted octanol–water partition coefficient (Wildman–Crippen LogP) is 2.76. The standard InChI is InChI=1S/C11H18ClN/c1-8(12)6-13-7-11(9-2-3-9)10-4-5-10/h9-11,13H,1-7H2. The number of hydrogen-bond acceptors (Lipinski definition) is 1. The largest absolute Gasteiger partial charge is 0.312 e. The van der Waals surface area contributed by atoms with Crippen LogP contribution in [0.3, 0.4) is 0 Å². The second-order valence-electron chi connectivity index (χ2n) is 4.49. The van der Waals surface area contributed by atoms with Crippen molar-refractivity contribution in [1.82, 2.24) is 5.32 Å². The SMILES string of the molecule is C=C(Cl)CNCC(C1CC1)C1CC1. The molecule has 2 aliphatic rings. The first kappa shape index (κ1) is 9.54. The van der Waals surface area contributed by atoms with E-state index in [2.05, 4.69) is 11.9 Å². The molecule has 0 saturated heterocycles. The summed E-state index contributed by atoms with van der Waals surface area (Å²) in [5, 5.41) is 4.12. The van der Waals surface area contributed by atoms with Crippen LogP contribution in [-0.2, 0) is 0 Å². The first-order valence-corrected chi connectivity index (χ1v) is 5.69. The highest BCUT2D eigenvalue weighted by molar-refractivity contribution is 6.29. The van der Waals surface area contributed by atoms with E-state index in [0.717, 1.165) is 35.9 Å². The Morgan fingerprint density at radius 2 is 1.85 bits per heavy atom. The van der Waals surface area contributed by atoms with E-state index >= 15 is 0 Å². The lowest BCUT2D eigenvalue weighted by Gasteiger charge is -2.15. The van der Waals surface area contributed by atoms with Crippen molar-refractivity contribution in [2.24, 2.45) is 17.8 Å². The molecule has 0 amide bonds. The molecule has 0 heterocycles. The lowest BCUT2D eigenvalue weighted by Crippen LogP contribution is -2.26. The molecule has 0 aromatic heterocycles. The van der Waals surface area contributed by atoms with Crippen molar-refractivity contribution in [3.05, 3.63) is 11.6 Å². The highest BCUT2D eigenvalue weighted by Gasteiger charge is 2.40. The topological polar surface area (TPSA) is 12.0 Å². The molecular formula is C11H18ClN. The summed E-state index contributed by atoms with van der Waals surface area (Å²) in [5.41, 5.74) is 0. The molecule has 13 heavy (non-hydrogen) atoms. The van der Waals surface area contributed by atoms with E-state index in [9.17, 15) is 0 Å².